The van der Waals surface area contributed by atoms with E-state index in [2.05, 4.69) is 18.8 Å². The maximum Gasteiger partial charge on any atom is 0.306 e. The van der Waals surface area contributed by atoms with Gasteiger partial charge in [0.2, 0.25) is 0 Å². The van der Waals surface area contributed by atoms with Crippen LogP contribution in [0.5, 0.6) is 0 Å². The van der Waals surface area contributed by atoms with Gasteiger partial charge in [-0.05, 0) is 24.5 Å². The number of esters is 1. The second-order valence-electron chi connectivity index (χ2n) is 5.11. The summed E-state index contributed by atoms with van der Waals surface area (Å²) in [6.45, 7) is 4.89. The molecule has 5 heteroatoms. The maximum atomic E-state index is 11.7. The van der Waals surface area contributed by atoms with Gasteiger partial charge >= 0.3 is 5.97 Å². The van der Waals surface area contributed by atoms with Gasteiger partial charge in [0, 0.05) is 16.8 Å². The van der Waals surface area contributed by atoms with Crippen LogP contribution in [0.4, 0.5) is 5.82 Å². The van der Waals surface area contributed by atoms with Crippen LogP contribution in [0.25, 0.3) is 0 Å². The zero-order chi connectivity index (χ0) is 15.5. The molecular weight excluding hydrogens is 284 g/mol. The summed E-state index contributed by atoms with van der Waals surface area (Å²) in [7, 11) is 0. The number of aromatic nitrogens is 1. The van der Waals surface area contributed by atoms with Gasteiger partial charge in [-0.15, -0.1) is 11.8 Å². The van der Waals surface area contributed by atoms with Crippen LogP contribution in [-0.4, -0.2) is 23.3 Å². The molecule has 0 aromatic carbocycles. The predicted octanol–water partition coefficient (Wildman–Crippen LogP) is 3.91. The van der Waals surface area contributed by atoms with Crippen LogP contribution in [-0.2, 0) is 9.53 Å². The lowest BCUT2D eigenvalue weighted by molar-refractivity contribution is -0.144. The van der Waals surface area contributed by atoms with E-state index < -0.39 is 0 Å². The molecule has 0 fully saturated rings. The Balaban J connectivity index is 2.18. The van der Waals surface area contributed by atoms with Gasteiger partial charge in [0.05, 0.1) is 13.0 Å². The van der Waals surface area contributed by atoms with E-state index in [4.69, 9.17) is 10.5 Å². The fourth-order valence-corrected chi connectivity index (χ4v) is 2.82. The third-order valence-electron chi connectivity index (χ3n) is 3.35. The van der Waals surface area contributed by atoms with Gasteiger partial charge in [0.15, 0.2) is 0 Å². The van der Waals surface area contributed by atoms with Crippen LogP contribution in [0.2, 0.25) is 0 Å². The van der Waals surface area contributed by atoms with Gasteiger partial charge in [-0.25, -0.2) is 4.98 Å². The number of thioether (sulfide) groups is 1. The lowest BCUT2D eigenvalue weighted by atomic mass is 10.0. The lowest BCUT2D eigenvalue weighted by Gasteiger charge is -2.14. The number of carbonyl (C=O) groups excluding carboxylic acids is 1. The molecule has 118 valence electrons. The molecule has 1 rings (SSSR count). The number of nitrogen functional groups attached to an aromatic ring is 1. The fraction of sp³-hybridized carbons (Fsp3) is 0.625. The van der Waals surface area contributed by atoms with Crippen molar-refractivity contribution in [2.24, 2.45) is 5.92 Å². The summed E-state index contributed by atoms with van der Waals surface area (Å²) in [5.74, 6) is 1.60. The maximum absolute atomic E-state index is 11.7. The fourth-order valence-electron chi connectivity index (χ4n) is 1.95. The number of ether oxygens (including phenoxy) is 1. The topological polar surface area (TPSA) is 65.2 Å². The molecule has 2 N–H and O–H groups in total. The monoisotopic (exact) mass is 310 g/mol. The minimum Gasteiger partial charge on any atom is -0.465 e. The summed E-state index contributed by atoms with van der Waals surface area (Å²) >= 11 is 1.60. The molecule has 4 nitrogen and oxygen atoms in total. The molecule has 1 heterocycles. The molecule has 21 heavy (non-hydrogen) atoms. The Kier molecular flexibility index (Phi) is 8.90. The van der Waals surface area contributed by atoms with Gasteiger partial charge in [-0.1, -0.05) is 33.1 Å². The molecule has 0 amide bonds. The van der Waals surface area contributed by atoms with Crippen molar-refractivity contribution in [1.82, 2.24) is 4.98 Å². The van der Waals surface area contributed by atoms with E-state index in [1.165, 1.54) is 12.8 Å². The minimum absolute atomic E-state index is 0.112. The van der Waals surface area contributed by atoms with Crippen molar-refractivity contribution in [2.75, 3.05) is 18.1 Å². The highest BCUT2D eigenvalue weighted by molar-refractivity contribution is 7.99. The average molecular weight is 310 g/mol. The number of hydrogen-bond donors (Lipinski definition) is 1. The van der Waals surface area contributed by atoms with E-state index in [1.807, 2.05) is 12.1 Å². The molecule has 1 unspecified atom stereocenters. The smallest absolute Gasteiger partial charge is 0.306 e. The molecule has 0 spiro atoms. The summed E-state index contributed by atoms with van der Waals surface area (Å²) in [6, 6.07) is 3.71. The van der Waals surface area contributed by atoms with E-state index in [-0.39, 0.29) is 5.97 Å². The van der Waals surface area contributed by atoms with Crippen LogP contribution in [0.15, 0.2) is 23.2 Å². The van der Waals surface area contributed by atoms with Crippen molar-refractivity contribution < 1.29 is 9.53 Å². The summed E-state index contributed by atoms with van der Waals surface area (Å²) in [4.78, 5) is 16.7. The first kappa shape index (κ1) is 17.8. The van der Waals surface area contributed by atoms with Gasteiger partial charge in [-0.3, -0.25) is 4.79 Å². The first-order chi connectivity index (χ1) is 10.2. The Morgan fingerprint density at radius 3 is 2.95 bits per heavy atom. The summed E-state index contributed by atoms with van der Waals surface area (Å²) in [6.07, 6.45) is 6.71. The Hall–Kier alpha value is -1.23. The molecule has 0 aliphatic rings. The van der Waals surface area contributed by atoms with E-state index in [0.717, 1.165) is 17.7 Å². The predicted molar refractivity (Wildman–Crippen MR) is 88.3 cm³/mol. The molecule has 1 atom stereocenters. The average Bonchev–Trinajstić information content (AvgIpc) is 2.47. The van der Waals surface area contributed by atoms with Crippen LogP contribution >= 0.6 is 11.8 Å². The zero-order valence-corrected chi connectivity index (χ0v) is 13.8. The van der Waals surface area contributed by atoms with Gasteiger partial charge in [-0.2, -0.15) is 0 Å². The Labute approximate surface area is 131 Å². The first-order valence-corrected chi connectivity index (χ1v) is 8.64. The van der Waals surface area contributed by atoms with Gasteiger partial charge in [0.1, 0.15) is 5.82 Å². The lowest BCUT2D eigenvalue weighted by Crippen LogP contribution is -2.14. The highest BCUT2D eigenvalue weighted by Crippen LogP contribution is 2.20. The van der Waals surface area contributed by atoms with E-state index in [1.54, 1.807) is 18.0 Å². The highest BCUT2D eigenvalue weighted by Gasteiger charge is 2.10. The second kappa shape index (κ2) is 10.5. The summed E-state index contributed by atoms with van der Waals surface area (Å²) < 4.78 is 5.36. The van der Waals surface area contributed by atoms with E-state index in [9.17, 15) is 4.79 Å². The van der Waals surface area contributed by atoms with Crippen LogP contribution < -0.4 is 5.73 Å². The Bertz CT molecular complexity index is 426. The molecular formula is C16H26N2O2S. The number of anilines is 1. The SMILES string of the molecule is CCCCC(CC)COC(=O)CCSc1ccnc(N)c1. The number of unbranched alkanes of at least 4 members (excludes halogenated alkanes) is 1. The first-order valence-electron chi connectivity index (χ1n) is 7.65. The number of hydrogen-bond acceptors (Lipinski definition) is 5. The van der Waals surface area contributed by atoms with Crippen LogP contribution in [0.3, 0.4) is 0 Å². The number of carbonyl (C=O) groups is 1. The van der Waals surface area contributed by atoms with Crippen molar-refractivity contribution in [2.45, 2.75) is 50.8 Å². The molecule has 0 aliphatic carbocycles. The summed E-state index contributed by atoms with van der Waals surface area (Å²) in [5, 5.41) is 0. The van der Waals surface area contributed by atoms with Crippen molar-refractivity contribution in [3.05, 3.63) is 18.3 Å². The summed E-state index contributed by atoms with van der Waals surface area (Å²) in [5.41, 5.74) is 5.61. The van der Waals surface area contributed by atoms with Crippen LogP contribution in [0.1, 0.15) is 46.0 Å². The van der Waals surface area contributed by atoms with Crippen molar-refractivity contribution in [3.63, 3.8) is 0 Å². The third-order valence-corrected chi connectivity index (χ3v) is 4.35. The third kappa shape index (κ3) is 7.95. The number of nitrogens with zero attached hydrogens (tertiary/aromatic N) is 1. The molecule has 1 aromatic heterocycles. The van der Waals surface area contributed by atoms with Crippen molar-refractivity contribution >= 4 is 23.5 Å². The number of nitrogens with two attached hydrogens (primary N) is 1. The van der Waals surface area contributed by atoms with E-state index in [0.29, 0.717) is 30.5 Å². The largest absolute Gasteiger partial charge is 0.465 e. The molecule has 0 saturated heterocycles. The molecule has 0 bridgehead atoms. The standard InChI is InChI=1S/C16H26N2O2S/c1-3-5-6-13(4-2)12-20-16(19)8-10-21-14-7-9-18-15(17)11-14/h7,9,11,13H,3-6,8,10,12H2,1-2H3,(H2,17,18). The highest BCUT2D eigenvalue weighted by atomic mass is 32.2. The van der Waals surface area contributed by atoms with Crippen molar-refractivity contribution in [1.29, 1.82) is 0 Å². The second-order valence-corrected chi connectivity index (χ2v) is 6.28. The normalized spacial score (nSPS) is 12.1. The quantitative estimate of drug-likeness (QED) is 0.524. The minimum atomic E-state index is -0.112. The molecule has 0 radical (unpaired) electrons. The number of pyridine rings is 1. The Morgan fingerprint density at radius 2 is 2.29 bits per heavy atom. The molecule has 0 saturated carbocycles. The number of rotatable bonds is 10. The van der Waals surface area contributed by atoms with Crippen molar-refractivity contribution in [3.8, 4) is 0 Å². The zero-order valence-electron chi connectivity index (χ0n) is 13.0. The van der Waals surface area contributed by atoms with Gasteiger partial charge < -0.3 is 10.5 Å². The van der Waals surface area contributed by atoms with Gasteiger partial charge in [0.25, 0.3) is 0 Å². The van der Waals surface area contributed by atoms with Crippen LogP contribution in [0, 0.1) is 5.92 Å². The van der Waals surface area contributed by atoms with E-state index >= 15 is 0 Å². The molecule has 1 aromatic rings. The Morgan fingerprint density at radius 1 is 1.48 bits per heavy atom. The molecule has 0 aliphatic heterocycles.